The summed E-state index contributed by atoms with van der Waals surface area (Å²) in [7, 11) is 4.01. The number of likely N-dealkylation sites (N-methyl/N-ethyl adjacent to an activating group) is 1. The Kier molecular flexibility index (Phi) is 6.86. The molecular weight excluding hydrogens is 354 g/mol. The van der Waals surface area contributed by atoms with Crippen molar-refractivity contribution in [3.05, 3.63) is 66.3 Å². The molecule has 0 unspecified atom stereocenters. The lowest BCUT2D eigenvalue weighted by Gasteiger charge is -2.24. The molecule has 1 amide bonds. The van der Waals surface area contributed by atoms with Gasteiger partial charge < -0.3 is 14.3 Å². The van der Waals surface area contributed by atoms with Crippen molar-refractivity contribution < 1.29 is 9.32 Å². The number of hydrogen-bond donors (Lipinski definition) is 0. The van der Waals surface area contributed by atoms with Crippen molar-refractivity contribution in [2.75, 3.05) is 27.2 Å². The van der Waals surface area contributed by atoms with E-state index < -0.39 is 0 Å². The molecule has 0 saturated carbocycles. The largest absolute Gasteiger partial charge is 0.339 e. The van der Waals surface area contributed by atoms with Crippen LogP contribution in [0.25, 0.3) is 11.4 Å². The van der Waals surface area contributed by atoms with Crippen LogP contribution in [0, 0.1) is 0 Å². The van der Waals surface area contributed by atoms with Crippen molar-refractivity contribution in [2.24, 2.45) is 0 Å². The number of amides is 1. The van der Waals surface area contributed by atoms with E-state index >= 15 is 0 Å². The van der Waals surface area contributed by atoms with E-state index in [0.29, 0.717) is 37.6 Å². The maximum absolute atomic E-state index is 12.8. The van der Waals surface area contributed by atoms with Gasteiger partial charge >= 0.3 is 0 Å². The second-order valence-corrected chi connectivity index (χ2v) is 6.85. The highest BCUT2D eigenvalue weighted by Gasteiger charge is 2.16. The molecule has 0 aliphatic heterocycles. The first-order valence-corrected chi connectivity index (χ1v) is 9.31. The summed E-state index contributed by atoms with van der Waals surface area (Å²) in [6, 6.07) is 13.7. The molecule has 0 bridgehead atoms. The number of pyridine rings is 1. The first kappa shape index (κ1) is 19.7. The number of carbonyl (C=O) groups is 1. The van der Waals surface area contributed by atoms with Crippen molar-refractivity contribution >= 4 is 5.91 Å². The monoisotopic (exact) mass is 379 g/mol. The molecule has 0 atom stereocenters. The molecular formula is C21H25N5O2. The Balaban J connectivity index is 1.60. The Labute approximate surface area is 165 Å². The molecule has 2 heterocycles. The fourth-order valence-electron chi connectivity index (χ4n) is 2.76. The maximum Gasteiger partial charge on any atom is 0.227 e. The number of aromatic nitrogens is 3. The van der Waals surface area contributed by atoms with Crippen LogP contribution in [-0.4, -0.2) is 58.0 Å². The van der Waals surface area contributed by atoms with Gasteiger partial charge in [-0.25, -0.2) is 0 Å². The van der Waals surface area contributed by atoms with E-state index in [1.807, 2.05) is 61.5 Å². The number of hydrogen-bond acceptors (Lipinski definition) is 6. The highest BCUT2D eigenvalue weighted by Crippen LogP contribution is 2.15. The minimum absolute atomic E-state index is 0.0781. The van der Waals surface area contributed by atoms with E-state index in [1.54, 1.807) is 12.4 Å². The zero-order valence-electron chi connectivity index (χ0n) is 16.3. The van der Waals surface area contributed by atoms with Crippen molar-refractivity contribution in [1.29, 1.82) is 0 Å². The third-order valence-corrected chi connectivity index (χ3v) is 4.35. The Morgan fingerprint density at radius 3 is 2.50 bits per heavy atom. The van der Waals surface area contributed by atoms with Crippen LogP contribution in [0.15, 0.2) is 59.4 Å². The summed E-state index contributed by atoms with van der Waals surface area (Å²) in [6.45, 7) is 2.08. The molecule has 0 spiro atoms. The van der Waals surface area contributed by atoms with Crippen LogP contribution >= 0.6 is 0 Å². The van der Waals surface area contributed by atoms with Gasteiger partial charge in [0.25, 0.3) is 0 Å². The summed E-state index contributed by atoms with van der Waals surface area (Å²) in [5, 5.41) is 3.99. The minimum Gasteiger partial charge on any atom is -0.339 e. The van der Waals surface area contributed by atoms with Gasteiger partial charge in [0, 0.05) is 50.4 Å². The van der Waals surface area contributed by atoms with Crippen molar-refractivity contribution in [3.63, 3.8) is 0 Å². The SMILES string of the molecule is CN(C)CCN(Cc1ccccc1)C(=O)CCc1nc(-c2ccncc2)no1. The van der Waals surface area contributed by atoms with Crippen LogP contribution in [0.2, 0.25) is 0 Å². The van der Waals surface area contributed by atoms with Crippen LogP contribution in [0.1, 0.15) is 17.9 Å². The smallest absolute Gasteiger partial charge is 0.227 e. The lowest BCUT2D eigenvalue weighted by molar-refractivity contribution is -0.132. The average Bonchev–Trinajstić information content (AvgIpc) is 3.20. The molecule has 0 aliphatic carbocycles. The van der Waals surface area contributed by atoms with E-state index in [-0.39, 0.29) is 5.91 Å². The first-order valence-electron chi connectivity index (χ1n) is 9.31. The second-order valence-electron chi connectivity index (χ2n) is 6.85. The zero-order valence-corrected chi connectivity index (χ0v) is 16.3. The lowest BCUT2D eigenvalue weighted by atomic mass is 10.2. The van der Waals surface area contributed by atoms with Gasteiger partial charge in [-0.2, -0.15) is 4.98 Å². The van der Waals surface area contributed by atoms with E-state index in [9.17, 15) is 4.79 Å². The molecule has 7 heteroatoms. The fraction of sp³-hybridized carbons (Fsp3) is 0.333. The van der Waals surface area contributed by atoms with E-state index in [2.05, 4.69) is 20.0 Å². The van der Waals surface area contributed by atoms with Gasteiger partial charge in [0.1, 0.15) is 0 Å². The summed E-state index contributed by atoms with van der Waals surface area (Å²) in [5.41, 5.74) is 1.96. The summed E-state index contributed by atoms with van der Waals surface area (Å²) in [5.74, 6) is 1.06. The van der Waals surface area contributed by atoms with Crippen molar-refractivity contribution in [2.45, 2.75) is 19.4 Å². The number of rotatable bonds is 9. The van der Waals surface area contributed by atoms with Gasteiger partial charge in [-0.1, -0.05) is 35.5 Å². The molecule has 146 valence electrons. The number of nitrogens with zero attached hydrogens (tertiary/aromatic N) is 5. The number of carbonyl (C=O) groups excluding carboxylic acids is 1. The molecule has 0 aliphatic rings. The third-order valence-electron chi connectivity index (χ3n) is 4.35. The quantitative estimate of drug-likeness (QED) is 0.569. The van der Waals surface area contributed by atoms with Gasteiger partial charge in [0.15, 0.2) is 0 Å². The molecule has 28 heavy (non-hydrogen) atoms. The minimum atomic E-state index is 0.0781. The lowest BCUT2D eigenvalue weighted by Crippen LogP contribution is -2.36. The Morgan fingerprint density at radius 1 is 1.04 bits per heavy atom. The molecule has 0 fully saturated rings. The molecule has 7 nitrogen and oxygen atoms in total. The Bertz CT molecular complexity index is 865. The molecule has 0 saturated heterocycles. The van der Waals surface area contributed by atoms with Gasteiger partial charge in [-0.15, -0.1) is 0 Å². The first-order chi connectivity index (χ1) is 13.6. The standard InChI is InChI=1S/C21H25N5O2/c1-25(2)14-15-26(16-17-6-4-3-5-7-17)20(27)9-8-19-23-21(24-28-19)18-10-12-22-13-11-18/h3-7,10-13H,8-9,14-16H2,1-2H3. The second kappa shape index (κ2) is 9.75. The summed E-state index contributed by atoms with van der Waals surface area (Å²) < 4.78 is 5.31. The topological polar surface area (TPSA) is 75.4 Å². The number of aryl methyl sites for hydroxylation is 1. The molecule has 1 aromatic carbocycles. The zero-order chi connectivity index (χ0) is 19.8. The van der Waals surface area contributed by atoms with Crippen LogP contribution in [0.3, 0.4) is 0 Å². The van der Waals surface area contributed by atoms with Crippen LogP contribution < -0.4 is 0 Å². The van der Waals surface area contributed by atoms with Crippen molar-refractivity contribution in [3.8, 4) is 11.4 Å². The third kappa shape index (κ3) is 5.72. The normalized spacial score (nSPS) is 11.0. The van der Waals surface area contributed by atoms with Crippen LogP contribution in [0.4, 0.5) is 0 Å². The van der Waals surface area contributed by atoms with Crippen LogP contribution in [-0.2, 0) is 17.8 Å². The Hall–Kier alpha value is -3.06. The summed E-state index contributed by atoms with van der Waals surface area (Å²) in [6.07, 6.45) is 4.12. The van der Waals surface area contributed by atoms with E-state index in [4.69, 9.17) is 4.52 Å². The molecule has 3 aromatic rings. The molecule has 0 N–H and O–H groups in total. The van der Waals surface area contributed by atoms with E-state index in [1.165, 1.54) is 0 Å². The highest BCUT2D eigenvalue weighted by atomic mass is 16.5. The van der Waals surface area contributed by atoms with Gasteiger partial charge in [0.2, 0.25) is 17.6 Å². The molecule has 2 aromatic heterocycles. The number of benzene rings is 1. The molecule has 0 radical (unpaired) electrons. The van der Waals surface area contributed by atoms with Gasteiger partial charge in [0.05, 0.1) is 0 Å². The highest BCUT2D eigenvalue weighted by molar-refractivity contribution is 5.76. The predicted octanol–water partition coefficient (Wildman–Crippen LogP) is 2.65. The molecule has 3 rings (SSSR count). The Morgan fingerprint density at radius 2 is 1.79 bits per heavy atom. The summed E-state index contributed by atoms with van der Waals surface area (Å²) in [4.78, 5) is 25.1. The van der Waals surface area contributed by atoms with Gasteiger partial charge in [-0.3, -0.25) is 9.78 Å². The summed E-state index contributed by atoms with van der Waals surface area (Å²) >= 11 is 0. The van der Waals surface area contributed by atoms with E-state index in [0.717, 1.165) is 17.7 Å². The average molecular weight is 379 g/mol. The van der Waals surface area contributed by atoms with Crippen LogP contribution in [0.5, 0.6) is 0 Å². The van der Waals surface area contributed by atoms with Crippen molar-refractivity contribution in [1.82, 2.24) is 24.9 Å². The van der Waals surface area contributed by atoms with Gasteiger partial charge in [-0.05, 0) is 31.8 Å². The predicted molar refractivity (Wildman–Crippen MR) is 106 cm³/mol. The maximum atomic E-state index is 12.8. The fourth-order valence-corrected chi connectivity index (χ4v) is 2.76.